The molecule has 0 saturated carbocycles. The predicted molar refractivity (Wildman–Crippen MR) is 362 cm³/mol. The Morgan fingerprint density at radius 3 is 0.855 bits per heavy atom. The molecule has 0 aromatic heterocycles. The van der Waals surface area contributed by atoms with Crippen molar-refractivity contribution in [1.82, 2.24) is 0 Å². The van der Waals surface area contributed by atoms with Gasteiger partial charge in [-0.2, -0.15) is 0 Å². The first-order chi connectivity index (χ1) is 41.0. The third-order valence-corrected chi connectivity index (χ3v) is 15.9. The number of hydrogen-bond donors (Lipinski definition) is 0. The molecule has 1 unspecified atom stereocenters. The van der Waals surface area contributed by atoms with Gasteiger partial charge in [0.1, 0.15) is 13.2 Å². The van der Waals surface area contributed by atoms with Crippen molar-refractivity contribution >= 4 is 17.9 Å². The molecule has 0 saturated heterocycles. The minimum Gasteiger partial charge on any atom is -0.462 e. The standard InChI is InChI=1S/C77H136O6/c1-4-7-10-13-16-19-22-25-28-30-32-33-34-35-36-37-38-39-40-41-42-43-44-45-47-49-52-55-58-61-64-67-70-76(79)82-73-74(72-81-75(78)69-66-63-60-57-54-51-48-27-24-21-18-15-12-9-6-3)83-77(80)71-68-65-62-59-56-53-50-46-31-29-26-23-20-17-14-11-8-5-2/h9,12,18,20-21,23,27,29,31,48,54,57,63,66,74H,4-8,10-11,13-17,19,22,24-26,28,30,32-47,49-53,55-56,58-62,64-65,67-73H2,1-3H3/b12-9-,21-18-,23-20-,31-29-,48-27-,57-54-,66-63-. The van der Waals surface area contributed by atoms with Crippen LogP contribution in [0.15, 0.2) is 85.1 Å². The summed E-state index contributed by atoms with van der Waals surface area (Å²) in [4.78, 5) is 38.3. The van der Waals surface area contributed by atoms with Crippen LogP contribution >= 0.6 is 0 Å². The fourth-order valence-electron chi connectivity index (χ4n) is 10.6. The van der Waals surface area contributed by atoms with Crippen molar-refractivity contribution in [3.8, 4) is 0 Å². The van der Waals surface area contributed by atoms with Crippen LogP contribution in [0, 0.1) is 0 Å². The van der Waals surface area contributed by atoms with E-state index in [1.807, 2.05) is 6.08 Å². The first-order valence-electron chi connectivity index (χ1n) is 36.1. The molecule has 0 heterocycles. The molecular weight excluding hydrogens is 1020 g/mol. The Labute approximate surface area is 515 Å². The quantitative estimate of drug-likeness (QED) is 0.0261. The Bertz CT molecular complexity index is 1570. The summed E-state index contributed by atoms with van der Waals surface area (Å²) in [6, 6.07) is 0. The number of rotatable bonds is 66. The highest BCUT2D eigenvalue weighted by Gasteiger charge is 2.19. The van der Waals surface area contributed by atoms with Gasteiger partial charge in [-0.25, -0.2) is 0 Å². The van der Waals surface area contributed by atoms with Crippen molar-refractivity contribution < 1.29 is 28.6 Å². The van der Waals surface area contributed by atoms with Gasteiger partial charge in [0.25, 0.3) is 0 Å². The molecule has 0 fully saturated rings. The minimum absolute atomic E-state index is 0.107. The SMILES string of the molecule is CC/C=C\C/C=C\C/C=C\C/C=C\C/C=C\CC(=O)OCC(COC(=O)CCCCCCCCCCCCCCCCCCCCCCCCCCCCCCCCCC)OC(=O)CCCCCCCCC/C=C\C/C=C\CCCCCC. The zero-order valence-electron chi connectivity index (χ0n) is 55.2. The molecule has 83 heavy (non-hydrogen) atoms. The van der Waals surface area contributed by atoms with Gasteiger partial charge in [-0.3, -0.25) is 14.4 Å². The normalized spacial score (nSPS) is 12.6. The van der Waals surface area contributed by atoms with Gasteiger partial charge >= 0.3 is 17.9 Å². The van der Waals surface area contributed by atoms with E-state index in [0.29, 0.717) is 12.8 Å². The molecule has 1 atom stereocenters. The Morgan fingerprint density at radius 2 is 0.518 bits per heavy atom. The van der Waals surface area contributed by atoms with E-state index in [1.165, 1.54) is 244 Å². The lowest BCUT2D eigenvalue weighted by atomic mass is 10.0. The fourth-order valence-corrected chi connectivity index (χ4v) is 10.6. The number of ether oxygens (including phenoxy) is 3. The van der Waals surface area contributed by atoms with Crippen LogP contribution in [0.4, 0.5) is 0 Å². The molecular formula is C77H136O6. The van der Waals surface area contributed by atoms with E-state index >= 15 is 0 Å². The van der Waals surface area contributed by atoms with Crippen LogP contribution in [0.2, 0.25) is 0 Å². The van der Waals surface area contributed by atoms with E-state index in [-0.39, 0.29) is 31.6 Å². The second kappa shape index (κ2) is 71.1. The largest absolute Gasteiger partial charge is 0.462 e. The number of carbonyl (C=O) groups is 3. The molecule has 0 aliphatic rings. The third kappa shape index (κ3) is 69.3. The molecule has 6 nitrogen and oxygen atoms in total. The van der Waals surface area contributed by atoms with Gasteiger partial charge in [-0.1, -0.05) is 356 Å². The van der Waals surface area contributed by atoms with Gasteiger partial charge in [0.05, 0.1) is 6.42 Å². The van der Waals surface area contributed by atoms with Gasteiger partial charge in [-0.05, 0) is 77.0 Å². The van der Waals surface area contributed by atoms with E-state index in [1.54, 1.807) is 6.08 Å². The summed E-state index contributed by atoms with van der Waals surface area (Å²) in [5.41, 5.74) is 0. The van der Waals surface area contributed by atoms with Crippen LogP contribution in [0.25, 0.3) is 0 Å². The molecule has 0 aliphatic heterocycles. The second-order valence-corrected chi connectivity index (χ2v) is 24.1. The molecule has 0 aromatic carbocycles. The zero-order chi connectivity index (χ0) is 59.9. The number of allylic oxidation sites excluding steroid dienone is 13. The molecule has 0 rings (SSSR count). The highest BCUT2D eigenvalue weighted by molar-refractivity contribution is 5.72. The summed E-state index contributed by atoms with van der Waals surface area (Å²) >= 11 is 0. The van der Waals surface area contributed by atoms with E-state index < -0.39 is 12.1 Å². The molecule has 0 amide bonds. The molecule has 0 N–H and O–H groups in total. The van der Waals surface area contributed by atoms with Crippen molar-refractivity contribution in [1.29, 1.82) is 0 Å². The molecule has 0 radical (unpaired) electrons. The smallest absolute Gasteiger partial charge is 0.309 e. The average molecular weight is 1160 g/mol. The lowest BCUT2D eigenvalue weighted by Gasteiger charge is -2.18. The van der Waals surface area contributed by atoms with Crippen molar-refractivity contribution in [2.45, 2.75) is 374 Å². The number of esters is 3. The lowest BCUT2D eigenvalue weighted by molar-refractivity contribution is -0.166. The zero-order valence-corrected chi connectivity index (χ0v) is 55.2. The lowest BCUT2D eigenvalue weighted by Crippen LogP contribution is -2.30. The molecule has 480 valence electrons. The van der Waals surface area contributed by atoms with Crippen molar-refractivity contribution in [3.63, 3.8) is 0 Å². The van der Waals surface area contributed by atoms with Crippen molar-refractivity contribution in [2.24, 2.45) is 0 Å². The summed E-state index contributed by atoms with van der Waals surface area (Å²) in [6.45, 7) is 6.47. The fraction of sp³-hybridized carbons (Fsp3) is 0.779. The highest BCUT2D eigenvalue weighted by atomic mass is 16.6. The minimum atomic E-state index is -0.822. The van der Waals surface area contributed by atoms with Crippen LogP contribution in [-0.4, -0.2) is 37.2 Å². The monoisotopic (exact) mass is 1160 g/mol. The van der Waals surface area contributed by atoms with Crippen LogP contribution in [0.1, 0.15) is 367 Å². The van der Waals surface area contributed by atoms with Crippen LogP contribution in [0.3, 0.4) is 0 Å². The highest BCUT2D eigenvalue weighted by Crippen LogP contribution is 2.18. The van der Waals surface area contributed by atoms with Gasteiger partial charge in [0.15, 0.2) is 6.10 Å². The Morgan fingerprint density at radius 1 is 0.265 bits per heavy atom. The summed E-state index contributed by atoms with van der Waals surface area (Å²) in [5.74, 6) is -1.03. The summed E-state index contributed by atoms with van der Waals surface area (Å²) in [5, 5.41) is 0. The molecule has 6 heteroatoms. The topological polar surface area (TPSA) is 78.9 Å². The van der Waals surface area contributed by atoms with Gasteiger partial charge in [-0.15, -0.1) is 0 Å². The first-order valence-corrected chi connectivity index (χ1v) is 36.1. The molecule has 0 aliphatic carbocycles. The van der Waals surface area contributed by atoms with Gasteiger partial charge < -0.3 is 14.2 Å². The maximum absolute atomic E-state index is 12.9. The Balaban J connectivity index is 4.23. The van der Waals surface area contributed by atoms with E-state index in [0.717, 1.165) is 83.5 Å². The Kier molecular flexibility index (Phi) is 68.2. The Hall–Kier alpha value is -3.41. The van der Waals surface area contributed by atoms with Gasteiger partial charge in [0, 0.05) is 12.8 Å². The first kappa shape index (κ1) is 79.6. The van der Waals surface area contributed by atoms with E-state index in [9.17, 15) is 14.4 Å². The average Bonchev–Trinajstić information content (AvgIpc) is 3.49. The second-order valence-electron chi connectivity index (χ2n) is 24.1. The van der Waals surface area contributed by atoms with Crippen LogP contribution < -0.4 is 0 Å². The summed E-state index contributed by atoms with van der Waals surface area (Å²) < 4.78 is 16.9. The van der Waals surface area contributed by atoms with Crippen molar-refractivity contribution in [2.75, 3.05) is 13.2 Å². The van der Waals surface area contributed by atoms with E-state index in [2.05, 4.69) is 93.7 Å². The maximum atomic E-state index is 12.9. The van der Waals surface area contributed by atoms with Crippen molar-refractivity contribution in [3.05, 3.63) is 85.1 Å². The summed E-state index contributed by atoms with van der Waals surface area (Å²) in [6.07, 6.45) is 95.2. The summed E-state index contributed by atoms with van der Waals surface area (Å²) in [7, 11) is 0. The number of unbranched alkanes of at least 4 members (excludes halogenated alkanes) is 42. The third-order valence-electron chi connectivity index (χ3n) is 15.9. The molecule has 0 aromatic rings. The van der Waals surface area contributed by atoms with E-state index in [4.69, 9.17) is 14.2 Å². The van der Waals surface area contributed by atoms with Crippen LogP contribution in [-0.2, 0) is 28.6 Å². The molecule has 0 spiro atoms. The number of carbonyl (C=O) groups excluding carboxylic acids is 3. The van der Waals surface area contributed by atoms with Gasteiger partial charge in [0.2, 0.25) is 0 Å². The number of hydrogen-bond acceptors (Lipinski definition) is 6. The maximum Gasteiger partial charge on any atom is 0.309 e. The molecule has 0 bridgehead atoms. The van der Waals surface area contributed by atoms with Crippen LogP contribution in [0.5, 0.6) is 0 Å². The predicted octanol–water partition coefficient (Wildman–Crippen LogP) is 25.0.